The third-order valence-electron chi connectivity index (χ3n) is 3.69. The molecule has 0 saturated carbocycles. The lowest BCUT2D eigenvalue weighted by molar-refractivity contribution is -0.385. The fourth-order valence-electron chi connectivity index (χ4n) is 2.19. The summed E-state index contributed by atoms with van der Waals surface area (Å²) < 4.78 is 10.3. The zero-order valence-corrected chi connectivity index (χ0v) is 14.0. The second-order valence-corrected chi connectivity index (χ2v) is 5.47. The maximum Gasteiger partial charge on any atom is 0.509 e. The van der Waals surface area contributed by atoms with Crippen molar-refractivity contribution in [3.63, 3.8) is 0 Å². The minimum atomic E-state index is -0.915. The van der Waals surface area contributed by atoms with Crippen LogP contribution >= 0.6 is 0 Å². The second-order valence-electron chi connectivity index (χ2n) is 5.47. The third kappa shape index (κ3) is 4.76. The molecule has 0 radical (unpaired) electrons. The van der Waals surface area contributed by atoms with Gasteiger partial charge in [-0.15, -0.1) is 0 Å². The largest absolute Gasteiger partial charge is 0.509 e. The summed E-state index contributed by atoms with van der Waals surface area (Å²) in [6.07, 6.45) is -2.23. The van der Waals surface area contributed by atoms with Gasteiger partial charge in [0, 0.05) is 24.3 Å². The fraction of sp³-hybridized carbons (Fsp3) is 0.235. The second kappa shape index (κ2) is 8.06. The molecule has 26 heavy (non-hydrogen) atoms. The Balaban J connectivity index is 1.94. The molecule has 0 aliphatic rings. The molecular formula is C17H16N2O7. The van der Waals surface area contributed by atoms with Crippen LogP contribution in [0.15, 0.2) is 48.5 Å². The lowest BCUT2D eigenvalue weighted by Gasteiger charge is -2.17. The van der Waals surface area contributed by atoms with Gasteiger partial charge in [0.15, 0.2) is 0 Å². The van der Waals surface area contributed by atoms with E-state index in [-0.39, 0.29) is 11.4 Å². The number of benzene rings is 2. The standard InChI is InChI=1S/C17H16N2O7/c1-11(13-3-7-15(8-4-13)18(21)22)25-17(20)26-12(2)14-5-9-16(10-6-14)19(23)24/h3-12H,1-2H3. The number of hydrogen-bond acceptors (Lipinski definition) is 7. The van der Waals surface area contributed by atoms with Crippen LogP contribution in [-0.4, -0.2) is 16.0 Å². The van der Waals surface area contributed by atoms with Crippen molar-refractivity contribution in [1.82, 2.24) is 0 Å². The van der Waals surface area contributed by atoms with Crippen LogP contribution in [0.1, 0.15) is 37.2 Å². The van der Waals surface area contributed by atoms with Crippen molar-refractivity contribution in [1.29, 1.82) is 0 Å². The summed E-state index contributed by atoms with van der Waals surface area (Å²) >= 11 is 0. The zero-order chi connectivity index (χ0) is 19.3. The Hall–Kier alpha value is -3.49. The third-order valence-corrected chi connectivity index (χ3v) is 3.69. The van der Waals surface area contributed by atoms with Gasteiger partial charge in [-0.3, -0.25) is 20.2 Å². The number of non-ortho nitro benzene ring substituents is 2. The van der Waals surface area contributed by atoms with Crippen LogP contribution < -0.4 is 0 Å². The number of carbonyl (C=O) groups is 1. The molecule has 0 saturated heterocycles. The van der Waals surface area contributed by atoms with Gasteiger partial charge in [0.2, 0.25) is 0 Å². The van der Waals surface area contributed by atoms with E-state index in [2.05, 4.69) is 0 Å². The van der Waals surface area contributed by atoms with Gasteiger partial charge < -0.3 is 9.47 Å². The van der Waals surface area contributed by atoms with E-state index in [0.717, 1.165) is 0 Å². The summed E-state index contributed by atoms with van der Waals surface area (Å²) in [4.78, 5) is 32.1. The molecule has 2 atom stereocenters. The number of nitro groups is 2. The predicted molar refractivity (Wildman–Crippen MR) is 90.6 cm³/mol. The average Bonchev–Trinajstić information content (AvgIpc) is 2.61. The molecule has 0 aliphatic carbocycles. The molecule has 0 fully saturated rings. The molecule has 2 rings (SSSR count). The van der Waals surface area contributed by atoms with Crippen molar-refractivity contribution < 1.29 is 24.1 Å². The zero-order valence-electron chi connectivity index (χ0n) is 14.0. The molecule has 2 aromatic rings. The van der Waals surface area contributed by atoms with Crippen LogP contribution in [-0.2, 0) is 9.47 Å². The van der Waals surface area contributed by atoms with Crippen molar-refractivity contribution in [2.24, 2.45) is 0 Å². The normalized spacial score (nSPS) is 12.7. The monoisotopic (exact) mass is 360 g/mol. The molecule has 136 valence electrons. The van der Waals surface area contributed by atoms with Crippen LogP contribution in [0.3, 0.4) is 0 Å². The lowest BCUT2D eigenvalue weighted by Crippen LogP contribution is -2.13. The van der Waals surface area contributed by atoms with Crippen molar-refractivity contribution in [2.75, 3.05) is 0 Å². The predicted octanol–water partition coefficient (Wildman–Crippen LogP) is 4.48. The Morgan fingerprint density at radius 2 is 1.08 bits per heavy atom. The summed E-state index contributed by atoms with van der Waals surface area (Å²) in [6.45, 7) is 3.22. The first-order valence-corrected chi connectivity index (χ1v) is 7.64. The molecule has 0 heterocycles. The minimum Gasteiger partial charge on any atom is -0.426 e. The van der Waals surface area contributed by atoms with Crippen LogP contribution in [0.4, 0.5) is 16.2 Å². The lowest BCUT2D eigenvalue weighted by atomic mass is 10.1. The molecule has 0 N–H and O–H groups in total. The Kier molecular flexibility index (Phi) is 5.84. The van der Waals surface area contributed by atoms with E-state index in [9.17, 15) is 25.0 Å². The highest BCUT2D eigenvalue weighted by Gasteiger charge is 2.18. The molecular weight excluding hydrogens is 344 g/mol. The van der Waals surface area contributed by atoms with Crippen LogP contribution in [0.5, 0.6) is 0 Å². The van der Waals surface area contributed by atoms with E-state index >= 15 is 0 Å². The number of carbonyl (C=O) groups excluding carboxylic acids is 1. The highest BCUT2D eigenvalue weighted by Crippen LogP contribution is 2.24. The number of ether oxygens (including phenoxy) is 2. The van der Waals surface area contributed by atoms with Crippen molar-refractivity contribution in [3.8, 4) is 0 Å². The number of nitro benzene ring substituents is 2. The highest BCUT2D eigenvalue weighted by atomic mass is 16.7. The first-order valence-electron chi connectivity index (χ1n) is 7.64. The Bertz CT molecular complexity index is 735. The molecule has 0 amide bonds. The number of nitrogens with zero attached hydrogens (tertiary/aromatic N) is 2. The van der Waals surface area contributed by atoms with E-state index < -0.39 is 28.2 Å². The van der Waals surface area contributed by atoms with Gasteiger partial charge >= 0.3 is 6.16 Å². The van der Waals surface area contributed by atoms with E-state index in [1.807, 2.05) is 0 Å². The van der Waals surface area contributed by atoms with Crippen LogP contribution in [0.2, 0.25) is 0 Å². The van der Waals surface area contributed by atoms with Crippen LogP contribution in [0, 0.1) is 20.2 Å². The molecule has 2 unspecified atom stereocenters. The van der Waals surface area contributed by atoms with Gasteiger partial charge in [-0.1, -0.05) is 0 Å². The molecule has 9 nitrogen and oxygen atoms in total. The number of hydrogen-bond donors (Lipinski definition) is 0. The van der Waals surface area contributed by atoms with Gasteiger partial charge in [0.05, 0.1) is 9.85 Å². The summed E-state index contributed by atoms with van der Waals surface area (Å²) in [7, 11) is 0. The van der Waals surface area contributed by atoms with Crippen molar-refractivity contribution in [3.05, 3.63) is 79.9 Å². The van der Waals surface area contributed by atoms with E-state index in [0.29, 0.717) is 11.1 Å². The summed E-state index contributed by atoms with van der Waals surface area (Å²) in [5.74, 6) is 0. The highest BCUT2D eigenvalue weighted by molar-refractivity contribution is 5.61. The maximum atomic E-state index is 11.9. The van der Waals surface area contributed by atoms with Gasteiger partial charge in [-0.25, -0.2) is 4.79 Å². The average molecular weight is 360 g/mol. The van der Waals surface area contributed by atoms with E-state index in [4.69, 9.17) is 9.47 Å². The van der Waals surface area contributed by atoms with Crippen LogP contribution in [0.25, 0.3) is 0 Å². The van der Waals surface area contributed by atoms with Crippen molar-refractivity contribution in [2.45, 2.75) is 26.1 Å². The summed E-state index contributed by atoms with van der Waals surface area (Å²) in [6, 6.07) is 11.3. The SMILES string of the molecule is CC(OC(=O)OC(C)c1ccc([N+](=O)[O-])cc1)c1ccc([N+](=O)[O-])cc1. The number of rotatable bonds is 6. The quantitative estimate of drug-likeness (QED) is 0.423. The molecule has 0 spiro atoms. The Labute approximate surface area is 148 Å². The Morgan fingerprint density at radius 1 is 0.769 bits per heavy atom. The van der Waals surface area contributed by atoms with Gasteiger partial charge in [0.25, 0.3) is 11.4 Å². The molecule has 2 aromatic carbocycles. The molecule has 0 aromatic heterocycles. The molecule has 9 heteroatoms. The fourth-order valence-corrected chi connectivity index (χ4v) is 2.19. The topological polar surface area (TPSA) is 122 Å². The van der Waals surface area contributed by atoms with Crippen molar-refractivity contribution >= 4 is 17.5 Å². The summed E-state index contributed by atoms with van der Waals surface area (Å²) in [5.41, 5.74) is 1.04. The first-order chi connectivity index (χ1) is 12.3. The molecule has 0 bridgehead atoms. The van der Waals surface area contributed by atoms with E-state index in [1.165, 1.54) is 48.5 Å². The maximum absolute atomic E-state index is 11.9. The summed E-state index contributed by atoms with van der Waals surface area (Å²) in [5, 5.41) is 21.3. The first kappa shape index (κ1) is 18.8. The van der Waals surface area contributed by atoms with Gasteiger partial charge in [-0.05, 0) is 49.2 Å². The minimum absolute atomic E-state index is 0.0599. The van der Waals surface area contributed by atoms with Gasteiger partial charge in [-0.2, -0.15) is 0 Å². The molecule has 0 aliphatic heterocycles. The van der Waals surface area contributed by atoms with Gasteiger partial charge in [0.1, 0.15) is 12.2 Å². The smallest absolute Gasteiger partial charge is 0.426 e. The van der Waals surface area contributed by atoms with E-state index in [1.54, 1.807) is 13.8 Å². The Morgan fingerprint density at radius 3 is 1.35 bits per heavy atom.